The first-order valence-electron chi connectivity index (χ1n) is 8.49. The third-order valence-electron chi connectivity index (χ3n) is 5.84. The summed E-state index contributed by atoms with van der Waals surface area (Å²) in [7, 11) is 0. The molecule has 3 aliphatic heterocycles. The van der Waals surface area contributed by atoms with Crippen molar-refractivity contribution in [2.75, 3.05) is 26.2 Å². The van der Waals surface area contributed by atoms with Gasteiger partial charge in [-0.3, -0.25) is 0 Å². The van der Waals surface area contributed by atoms with Gasteiger partial charge in [-0.25, -0.2) is 4.79 Å². The second-order valence-corrected chi connectivity index (χ2v) is 7.29. The van der Waals surface area contributed by atoms with Crippen molar-refractivity contribution in [2.45, 2.75) is 32.6 Å². The third-order valence-corrected chi connectivity index (χ3v) is 5.84. The molecule has 0 aromatic heterocycles. The van der Waals surface area contributed by atoms with E-state index in [1.165, 1.54) is 0 Å². The second-order valence-electron chi connectivity index (χ2n) is 7.29. The van der Waals surface area contributed by atoms with Crippen molar-refractivity contribution in [1.29, 1.82) is 0 Å². The van der Waals surface area contributed by atoms with E-state index in [-0.39, 0.29) is 11.4 Å². The average molecular weight is 313 g/mol. The van der Waals surface area contributed by atoms with Crippen LogP contribution in [0.3, 0.4) is 0 Å². The van der Waals surface area contributed by atoms with Crippen LogP contribution < -0.4 is 0 Å². The topological polar surface area (TPSA) is 49.8 Å². The molecule has 0 radical (unpaired) electrons. The predicted molar refractivity (Wildman–Crippen MR) is 88.2 cm³/mol. The van der Waals surface area contributed by atoms with E-state index in [2.05, 4.69) is 4.90 Å². The molecular formula is C19H23NO3. The molecule has 4 nitrogen and oxygen atoms in total. The summed E-state index contributed by atoms with van der Waals surface area (Å²) in [6, 6.07) is 3.65. The molecule has 3 fully saturated rings. The quantitative estimate of drug-likeness (QED) is 0.872. The van der Waals surface area contributed by atoms with Crippen LogP contribution in [0, 0.1) is 12.3 Å². The number of phenols is 1. The largest absolute Gasteiger partial charge is 0.508 e. The Morgan fingerprint density at radius 2 is 1.96 bits per heavy atom. The monoisotopic (exact) mass is 313 g/mol. The summed E-state index contributed by atoms with van der Waals surface area (Å²) in [4.78, 5) is 15.0. The number of hydrogen-bond donors (Lipinski definition) is 1. The Bertz CT molecular complexity index is 670. The average Bonchev–Trinajstić information content (AvgIpc) is 2.98. The van der Waals surface area contributed by atoms with Gasteiger partial charge in [0.05, 0.1) is 12.2 Å². The van der Waals surface area contributed by atoms with Crippen LogP contribution in [0.4, 0.5) is 0 Å². The van der Waals surface area contributed by atoms with Gasteiger partial charge in [0.15, 0.2) is 0 Å². The lowest BCUT2D eigenvalue weighted by Gasteiger charge is -2.47. The van der Waals surface area contributed by atoms with E-state index in [9.17, 15) is 9.90 Å². The molecule has 0 atom stereocenters. The number of nitrogens with zero attached hydrogens (tertiary/aromatic N) is 1. The smallest absolute Gasteiger partial charge is 0.338 e. The number of piperidine rings is 3. The molecule has 0 unspecified atom stereocenters. The van der Waals surface area contributed by atoms with Gasteiger partial charge >= 0.3 is 5.97 Å². The Morgan fingerprint density at radius 3 is 2.65 bits per heavy atom. The van der Waals surface area contributed by atoms with Gasteiger partial charge in [-0.1, -0.05) is 6.08 Å². The van der Waals surface area contributed by atoms with Crippen molar-refractivity contribution in [2.24, 2.45) is 5.41 Å². The molecule has 122 valence electrons. The predicted octanol–water partition coefficient (Wildman–Crippen LogP) is 2.67. The van der Waals surface area contributed by atoms with Gasteiger partial charge in [-0.05, 0) is 81.1 Å². The minimum atomic E-state index is -0.212. The van der Waals surface area contributed by atoms with Crippen LogP contribution in [0.25, 0.3) is 5.57 Å². The fourth-order valence-corrected chi connectivity index (χ4v) is 4.08. The van der Waals surface area contributed by atoms with Gasteiger partial charge in [0.2, 0.25) is 0 Å². The molecule has 23 heavy (non-hydrogen) atoms. The van der Waals surface area contributed by atoms with Gasteiger partial charge < -0.3 is 14.7 Å². The highest BCUT2D eigenvalue weighted by Crippen LogP contribution is 2.41. The number of hydrogen-bond acceptors (Lipinski definition) is 4. The molecule has 0 amide bonds. The van der Waals surface area contributed by atoms with Crippen molar-refractivity contribution < 1.29 is 14.6 Å². The number of fused-ring (bicyclic) bond motifs is 4. The normalized spacial score (nSPS) is 28.4. The fourth-order valence-electron chi connectivity index (χ4n) is 4.08. The SMILES string of the molecule is Cc1cc2c(cc1O)CC=C2C(=O)OCC12CCN(CC1)CC2. The molecule has 1 aromatic carbocycles. The molecule has 1 aromatic rings. The van der Waals surface area contributed by atoms with E-state index in [0.29, 0.717) is 24.4 Å². The third kappa shape index (κ3) is 2.55. The maximum absolute atomic E-state index is 12.6. The minimum absolute atomic E-state index is 0.206. The molecule has 1 N–H and O–H groups in total. The van der Waals surface area contributed by atoms with Crippen LogP contribution in [0.5, 0.6) is 5.75 Å². The van der Waals surface area contributed by atoms with Gasteiger partial charge in [0, 0.05) is 5.41 Å². The van der Waals surface area contributed by atoms with Crippen molar-refractivity contribution in [3.63, 3.8) is 0 Å². The number of benzene rings is 1. The standard InChI is InChI=1S/C19H23NO3/c1-13-10-16-14(11-17(13)21)2-3-15(16)18(22)23-12-19-4-7-20(8-5-19)9-6-19/h3,10-11,21H,2,4-9,12H2,1H3. The fraction of sp³-hybridized carbons (Fsp3) is 0.526. The maximum atomic E-state index is 12.6. The molecule has 3 saturated heterocycles. The molecule has 4 aliphatic rings. The maximum Gasteiger partial charge on any atom is 0.338 e. The Balaban J connectivity index is 1.46. The van der Waals surface area contributed by atoms with Gasteiger partial charge in [0.1, 0.15) is 5.75 Å². The number of ether oxygens (including phenoxy) is 1. The molecule has 2 bridgehead atoms. The Kier molecular flexibility index (Phi) is 3.45. The van der Waals surface area contributed by atoms with Crippen molar-refractivity contribution >= 4 is 11.5 Å². The van der Waals surface area contributed by atoms with E-state index in [1.54, 1.807) is 6.07 Å². The van der Waals surface area contributed by atoms with E-state index in [4.69, 9.17) is 4.74 Å². The van der Waals surface area contributed by atoms with E-state index in [0.717, 1.165) is 55.6 Å². The van der Waals surface area contributed by atoms with Crippen LogP contribution >= 0.6 is 0 Å². The summed E-state index contributed by atoms with van der Waals surface area (Å²) in [6.07, 6.45) is 6.04. The lowest BCUT2D eigenvalue weighted by Crippen LogP contribution is -2.50. The minimum Gasteiger partial charge on any atom is -0.508 e. The zero-order valence-corrected chi connectivity index (χ0v) is 13.6. The number of carbonyl (C=O) groups excluding carboxylic acids is 1. The highest BCUT2D eigenvalue weighted by atomic mass is 16.5. The van der Waals surface area contributed by atoms with E-state index in [1.807, 2.05) is 19.1 Å². The van der Waals surface area contributed by atoms with Crippen molar-refractivity contribution in [1.82, 2.24) is 4.90 Å². The summed E-state index contributed by atoms with van der Waals surface area (Å²) < 4.78 is 5.72. The number of carbonyl (C=O) groups is 1. The van der Waals surface area contributed by atoms with Gasteiger partial charge in [-0.15, -0.1) is 0 Å². The van der Waals surface area contributed by atoms with E-state index >= 15 is 0 Å². The van der Waals surface area contributed by atoms with E-state index < -0.39 is 0 Å². The highest BCUT2D eigenvalue weighted by molar-refractivity contribution is 6.18. The first-order valence-corrected chi connectivity index (χ1v) is 8.49. The number of aryl methyl sites for hydroxylation is 1. The number of rotatable bonds is 3. The summed E-state index contributed by atoms with van der Waals surface area (Å²) in [5.41, 5.74) is 3.58. The lowest BCUT2D eigenvalue weighted by atomic mass is 9.73. The molecule has 0 saturated carbocycles. The Morgan fingerprint density at radius 1 is 1.26 bits per heavy atom. The molecular weight excluding hydrogens is 290 g/mol. The number of allylic oxidation sites excluding steroid dienone is 1. The summed E-state index contributed by atoms with van der Waals surface area (Å²) in [5, 5.41) is 9.81. The Hall–Kier alpha value is -1.81. The number of esters is 1. The molecule has 3 heterocycles. The van der Waals surface area contributed by atoms with Gasteiger partial charge in [-0.2, -0.15) is 0 Å². The van der Waals surface area contributed by atoms with Gasteiger partial charge in [0.25, 0.3) is 0 Å². The first kappa shape index (κ1) is 14.8. The van der Waals surface area contributed by atoms with Crippen LogP contribution in [0.1, 0.15) is 36.0 Å². The van der Waals surface area contributed by atoms with Crippen LogP contribution in [0.15, 0.2) is 18.2 Å². The summed E-state index contributed by atoms with van der Waals surface area (Å²) in [5.74, 6) is 0.0795. The molecule has 0 spiro atoms. The highest BCUT2D eigenvalue weighted by Gasteiger charge is 2.40. The van der Waals surface area contributed by atoms with Crippen LogP contribution in [-0.4, -0.2) is 42.2 Å². The molecule has 5 rings (SSSR count). The zero-order valence-electron chi connectivity index (χ0n) is 13.6. The second kappa shape index (κ2) is 5.38. The first-order chi connectivity index (χ1) is 11.1. The van der Waals surface area contributed by atoms with Crippen molar-refractivity contribution in [3.05, 3.63) is 34.9 Å². The lowest BCUT2D eigenvalue weighted by molar-refractivity contribution is -0.143. The zero-order chi connectivity index (χ0) is 16.0. The summed E-state index contributed by atoms with van der Waals surface area (Å²) in [6.45, 7) is 5.82. The molecule has 1 aliphatic carbocycles. The Labute approximate surface area is 136 Å². The van der Waals surface area contributed by atoms with Crippen LogP contribution in [0.2, 0.25) is 0 Å². The number of aromatic hydroxyl groups is 1. The van der Waals surface area contributed by atoms with Crippen molar-refractivity contribution in [3.8, 4) is 5.75 Å². The summed E-state index contributed by atoms with van der Waals surface area (Å²) >= 11 is 0. The number of phenolic OH excluding ortho intramolecular Hbond substituents is 1. The van der Waals surface area contributed by atoms with Crippen LogP contribution in [-0.2, 0) is 16.0 Å². The molecule has 4 heteroatoms.